The van der Waals surface area contributed by atoms with E-state index in [-0.39, 0.29) is 0 Å². The van der Waals surface area contributed by atoms with Crippen molar-refractivity contribution in [3.8, 4) is 0 Å². The van der Waals surface area contributed by atoms with Gasteiger partial charge in [-0.05, 0) is 58.6 Å². The summed E-state index contributed by atoms with van der Waals surface area (Å²) in [5, 5.41) is 12.1. The molecule has 0 radical (unpaired) electrons. The number of aromatic nitrogens is 4. The van der Waals surface area contributed by atoms with Gasteiger partial charge >= 0.3 is 0 Å². The number of hydrogen-bond acceptors (Lipinski definition) is 5. The topological polar surface area (TPSA) is 60.7 Å². The number of benzene rings is 1. The summed E-state index contributed by atoms with van der Waals surface area (Å²) in [6.45, 7) is 0. The lowest BCUT2D eigenvalue weighted by molar-refractivity contribution is 0.108. The molecule has 20 heavy (non-hydrogen) atoms. The van der Waals surface area contributed by atoms with Gasteiger partial charge in [0.25, 0.3) is 5.24 Å². The number of rotatable bonds is 5. The van der Waals surface area contributed by atoms with Crippen molar-refractivity contribution in [3.05, 3.63) is 33.8 Å². The quantitative estimate of drug-likeness (QED) is 0.593. The summed E-state index contributed by atoms with van der Waals surface area (Å²) < 4.78 is 2.77. The van der Waals surface area contributed by atoms with E-state index < -0.39 is 5.24 Å². The van der Waals surface area contributed by atoms with Crippen molar-refractivity contribution < 1.29 is 4.79 Å². The van der Waals surface area contributed by atoms with Gasteiger partial charge < -0.3 is 0 Å². The molecule has 8 heteroatoms. The minimum atomic E-state index is -0.449. The van der Waals surface area contributed by atoms with E-state index in [0.717, 1.165) is 28.0 Å². The molecule has 1 heterocycles. The Morgan fingerprint density at radius 2 is 2.30 bits per heavy atom. The summed E-state index contributed by atoms with van der Waals surface area (Å²) in [6.07, 6.45) is 2.25. The molecule has 0 amide bonds. The standard InChI is InChI=1S/C12H10BrClN4OS/c13-8-1-4-10(11(14)19)7(5-8)6-20-12-15-16-17-18(12)9-2-3-9/h1,4-5,9H,2-3,6H2. The van der Waals surface area contributed by atoms with Gasteiger partial charge in [-0.3, -0.25) is 4.79 Å². The molecule has 104 valence electrons. The highest BCUT2D eigenvalue weighted by Crippen LogP contribution is 2.37. The zero-order valence-electron chi connectivity index (χ0n) is 10.3. The number of nitrogens with zero attached hydrogens (tertiary/aromatic N) is 4. The van der Waals surface area contributed by atoms with Crippen molar-refractivity contribution in [1.82, 2.24) is 20.2 Å². The average molecular weight is 374 g/mol. The van der Waals surface area contributed by atoms with Gasteiger partial charge in [0.1, 0.15) is 0 Å². The van der Waals surface area contributed by atoms with Crippen molar-refractivity contribution in [2.45, 2.75) is 29.8 Å². The van der Waals surface area contributed by atoms with Crippen LogP contribution < -0.4 is 0 Å². The first-order valence-corrected chi connectivity index (χ1v) is 8.19. The van der Waals surface area contributed by atoms with Crippen molar-refractivity contribution in [2.24, 2.45) is 0 Å². The fourth-order valence-corrected chi connectivity index (χ4v) is 3.37. The lowest BCUT2D eigenvalue weighted by atomic mass is 10.1. The van der Waals surface area contributed by atoms with Crippen LogP contribution in [-0.4, -0.2) is 25.4 Å². The fourth-order valence-electron chi connectivity index (χ4n) is 1.84. The summed E-state index contributed by atoms with van der Waals surface area (Å²) in [7, 11) is 0. The van der Waals surface area contributed by atoms with Crippen molar-refractivity contribution in [1.29, 1.82) is 0 Å². The summed E-state index contributed by atoms with van der Waals surface area (Å²) >= 11 is 10.5. The molecule has 0 saturated heterocycles. The first-order chi connectivity index (χ1) is 9.65. The number of halogens is 2. The van der Waals surface area contributed by atoms with Crippen LogP contribution in [0.5, 0.6) is 0 Å². The molecule has 0 N–H and O–H groups in total. The molecule has 1 aromatic heterocycles. The van der Waals surface area contributed by atoms with Crippen LogP contribution in [0.1, 0.15) is 34.8 Å². The molecule has 1 aromatic carbocycles. The van der Waals surface area contributed by atoms with E-state index in [1.54, 1.807) is 12.1 Å². The Morgan fingerprint density at radius 1 is 1.50 bits per heavy atom. The number of tetrazole rings is 1. The molecule has 0 atom stereocenters. The average Bonchev–Trinajstić information content (AvgIpc) is 3.15. The Hall–Kier alpha value is -0.920. The van der Waals surface area contributed by atoms with Crippen molar-refractivity contribution in [3.63, 3.8) is 0 Å². The molecule has 1 aliphatic carbocycles. The summed E-state index contributed by atoms with van der Waals surface area (Å²) in [5.41, 5.74) is 1.39. The van der Waals surface area contributed by atoms with Gasteiger partial charge in [0.05, 0.1) is 6.04 Å². The minimum Gasteiger partial charge on any atom is -0.276 e. The Labute approximate surface area is 133 Å². The van der Waals surface area contributed by atoms with Crippen LogP contribution >= 0.6 is 39.3 Å². The third-order valence-electron chi connectivity index (χ3n) is 2.99. The summed E-state index contributed by atoms with van der Waals surface area (Å²) in [5.74, 6) is 0.598. The van der Waals surface area contributed by atoms with Gasteiger partial charge in [0, 0.05) is 15.8 Å². The summed E-state index contributed by atoms with van der Waals surface area (Å²) in [4.78, 5) is 11.4. The number of hydrogen-bond donors (Lipinski definition) is 0. The van der Waals surface area contributed by atoms with E-state index in [0.29, 0.717) is 17.4 Å². The van der Waals surface area contributed by atoms with E-state index in [9.17, 15) is 4.79 Å². The van der Waals surface area contributed by atoms with Crippen LogP contribution in [0.4, 0.5) is 0 Å². The first-order valence-electron chi connectivity index (χ1n) is 6.04. The van der Waals surface area contributed by atoms with Gasteiger partial charge in [0.15, 0.2) is 0 Å². The maximum Gasteiger partial charge on any atom is 0.252 e. The Bertz CT molecular complexity index is 659. The Morgan fingerprint density at radius 3 is 3.00 bits per heavy atom. The van der Waals surface area contributed by atoms with E-state index in [2.05, 4.69) is 31.5 Å². The largest absolute Gasteiger partial charge is 0.276 e. The normalized spacial score (nSPS) is 14.5. The van der Waals surface area contributed by atoms with Crippen LogP contribution in [0.2, 0.25) is 0 Å². The predicted molar refractivity (Wildman–Crippen MR) is 80.0 cm³/mol. The third kappa shape index (κ3) is 3.05. The molecule has 5 nitrogen and oxygen atoms in total. The zero-order chi connectivity index (χ0) is 14.1. The molecule has 1 fully saturated rings. The van der Waals surface area contributed by atoms with Crippen LogP contribution in [-0.2, 0) is 5.75 Å². The van der Waals surface area contributed by atoms with Gasteiger partial charge in [-0.15, -0.1) is 5.10 Å². The van der Waals surface area contributed by atoms with Gasteiger partial charge in [-0.1, -0.05) is 27.7 Å². The zero-order valence-corrected chi connectivity index (χ0v) is 13.5. The molecule has 0 bridgehead atoms. The molecular weight excluding hydrogens is 364 g/mol. The lowest BCUT2D eigenvalue weighted by Crippen LogP contribution is -2.00. The molecule has 2 aromatic rings. The highest BCUT2D eigenvalue weighted by atomic mass is 79.9. The van der Waals surface area contributed by atoms with Crippen molar-refractivity contribution in [2.75, 3.05) is 0 Å². The molecule has 0 aliphatic heterocycles. The fraction of sp³-hybridized carbons (Fsp3) is 0.333. The van der Waals surface area contributed by atoms with Crippen LogP contribution in [0.25, 0.3) is 0 Å². The second-order valence-corrected chi connectivity index (χ2v) is 6.70. The van der Waals surface area contributed by atoms with Gasteiger partial charge in [0.2, 0.25) is 5.16 Å². The second-order valence-electron chi connectivity index (χ2n) is 4.50. The van der Waals surface area contributed by atoms with E-state index >= 15 is 0 Å². The van der Waals surface area contributed by atoms with E-state index in [1.165, 1.54) is 11.8 Å². The van der Waals surface area contributed by atoms with Crippen LogP contribution in [0, 0.1) is 0 Å². The third-order valence-corrected chi connectivity index (χ3v) is 4.67. The van der Waals surface area contributed by atoms with Crippen molar-refractivity contribution >= 4 is 44.5 Å². The maximum absolute atomic E-state index is 11.4. The molecule has 0 unspecified atom stereocenters. The molecule has 3 rings (SSSR count). The van der Waals surface area contributed by atoms with Gasteiger partial charge in [-0.2, -0.15) is 0 Å². The van der Waals surface area contributed by atoms with E-state index in [4.69, 9.17) is 11.6 Å². The highest BCUT2D eigenvalue weighted by Gasteiger charge is 2.28. The number of carbonyl (C=O) groups excluding carboxylic acids is 1. The minimum absolute atomic E-state index is 0.434. The lowest BCUT2D eigenvalue weighted by Gasteiger charge is -2.06. The molecule has 1 saturated carbocycles. The molecular formula is C12H10BrClN4OS. The number of thioether (sulfide) groups is 1. The Balaban J connectivity index is 1.79. The smallest absolute Gasteiger partial charge is 0.252 e. The summed E-state index contributed by atoms with van der Waals surface area (Å²) in [6, 6.07) is 5.86. The van der Waals surface area contributed by atoms with E-state index in [1.807, 2.05) is 10.7 Å². The SMILES string of the molecule is O=C(Cl)c1ccc(Br)cc1CSc1nnnn1C1CC1. The highest BCUT2D eigenvalue weighted by molar-refractivity contribution is 9.10. The monoisotopic (exact) mass is 372 g/mol. The van der Waals surface area contributed by atoms with Gasteiger partial charge in [-0.25, -0.2) is 4.68 Å². The van der Waals surface area contributed by atoms with Crippen LogP contribution in [0.3, 0.4) is 0 Å². The Kier molecular flexibility index (Phi) is 4.09. The molecule has 1 aliphatic rings. The first kappa shape index (κ1) is 14.0. The maximum atomic E-state index is 11.4. The number of carbonyl (C=O) groups is 1. The second kappa shape index (κ2) is 5.83. The molecule has 0 spiro atoms. The predicted octanol–water partition coefficient (Wildman–Crippen LogP) is 3.44. The van der Waals surface area contributed by atoms with Crippen LogP contribution in [0.15, 0.2) is 27.8 Å².